The van der Waals surface area contributed by atoms with Crippen molar-refractivity contribution in [3.63, 3.8) is 0 Å². The van der Waals surface area contributed by atoms with Crippen LogP contribution in [0.1, 0.15) is 15.9 Å². The van der Waals surface area contributed by atoms with Crippen LogP contribution in [-0.4, -0.2) is 22.6 Å². The van der Waals surface area contributed by atoms with Gasteiger partial charge in [0.05, 0.1) is 20.0 Å². The van der Waals surface area contributed by atoms with Crippen LogP contribution >= 0.6 is 11.6 Å². The molecule has 2 N–H and O–H groups in total. The number of primary amides is 1. The fourth-order valence-corrected chi connectivity index (χ4v) is 1.91. The third-order valence-corrected chi connectivity index (χ3v) is 3.02. The topological polar surface area (TPSA) is 87.2 Å². The summed E-state index contributed by atoms with van der Waals surface area (Å²) in [5, 5.41) is 0.0258. The normalized spacial score (nSPS) is 10.3. The Bertz CT molecular complexity index is 695. The van der Waals surface area contributed by atoms with Gasteiger partial charge in [-0.2, -0.15) is 0 Å². The van der Waals surface area contributed by atoms with E-state index in [0.717, 1.165) is 5.56 Å². The predicted molar refractivity (Wildman–Crippen MR) is 74.1 cm³/mol. The summed E-state index contributed by atoms with van der Waals surface area (Å²) >= 11 is 5.76. The summed E-state index contributed by atoms with van der Waals surface area (Å²) in [6, 6.07) is 6.63. The number of nitrogens with zero attached hydrogens (tertiary/aromatic N) is 2. The zero-order valence-corrected chi connectivity index (χ0v) is 11.4. The van der Waals surface area contributed by atoms with Gasteiger partial charge < -0.3 is 10.5 Å². The molecule has 1 amide bonds. The summed E-state index contributed by atoms with van der Waals surface area (Å²) < 4.78 is 6.28. The molecule has 0 saturated heterocycles. The molecule has 2 rings (SSSR count). The third kappa shape index (κ3) is 2.80. The van der Waals surface area contributed by atoms with E-state index in [4.69, 9.17) is 22.1 Å². The fraction of sp³-hybridized carbons (Fsp3) is 0.154. The van der Waals surface area contributed by atoms with Crippen LogP contribution in [0.25, 0.3) is 0 Å². The number of carbonyl (C=O) groups is 1. The highest BCUT2D eigenvalue weighted by Crippen LogP contribution is 2.15. The fourth-order valence-electron chi connectivity index (χ4n) is 1.71. The molecular weight excluding hydrogens is 282 g/mol. The van der Waals surface area contributed by atoms with Crippen molar-refractivity contribution in [2.45, 2.75) is 6.54 Å². The van der Waals surface area contributed by atoms with Gasteiger partial charge in [0, 0.05) is 5.56 Å². The van der Waals surface area contributed by atoms with Gasteiger partial charge in [0.2, 0.25) is 11.7 Å². The zero-order valence-electron chi connectivity index (χ0n) is 10.7. The largest absolute Gasteiger partial charge is 0.489 e. The zero-order chi connectivity index (χ0) is 14.7. The van der Waals surface area contributed by atoms with Crippen LogP contribution < -0.4 is 16.0 Å². The smallest absolute Gasteiger partial charge is 0.297 e. The van der Waals surface area contributed by atoms with Crippen molar-refractivity contribution in [2.75, 3.05) is 7.11 Å². The van der Waals surface area contributed by atoms with E-state index in [0.29, 0.717) is 12.1 Å². The van der Waals surface area contributed by atoms with Gasteiger partial charge in [-0.1, -0.05) is 23.7 Å². The van der Waals surface area contributed by atoms with E-state index in [9.17, 15) is 9.59 Å². The number of methoxy groups -OCH3 is 1. The second-order valence-electron chi connectivity index (χ2n) is 4.06. The Morgan fingerprint density at radius 1 is 1.40 bits per heavy atom. The van der Waals surface area contributed by atoms with Crippen LogP contribution in [0.3, 0.4) is 0 Å². The van der Waals surface area contributed by atoms with E-state index in [2.05, 4.69) is 4.98 Å². The molecule has 1 heterocycles. The number of rotatable bonds is 4. The van der Waals surface area contributed by atoms with E-state index in [-0.39, 0.29) is 16.5 Å². The summed E-state index contributed by atoms with van der Waals surface area (Å²) in [6.07, 6.45) is 1.34. The molecule has 1 aromatic heterocycles. The molecule has 104 valence electrons. The van der Waals surface area contributed by atoms with Crippen LogP contribution in [0.2, 0.25) is 5.15 Å². The molecule has 0 bridgehead atoms. The van der Waals surface area contributed by atoms with Crippen molar-refractivity contribution in [1.29, 1.82) is 0 Å². The Kier molecular flexibility index (Phi) is 4.05. The van der Waals surface area contributed by atoms with E-state index in [1.54, 1.807) is 24.3 Å². The molecule has 0 fully saturated rings. The second kappa shape index (κ2) is 5.75. The SMILES string of the molecule is COc1c(Cl)ncn(Cc2ccc(C(N)=O)cc2)c1=O. The molecule has 0 aliphatic heterocycles. The van der Waals surface area contributed by atoms with Crippen LogP contribution in [-0.2, 0) is 6.54 Å². The maximum absolute atomic E-state index is 12.0. The van der Waals surface area contributed by atoms with Crippen LogP contribution in [0, 0.1) is 0 Å². The van der Waals surface area contributed by atoms with E-state index < -0.39 is 5.91 Å². The molecule has 0 aliphatic rings. The first-order chi connectivity index (χ1) is 9.52. The first-order valence-corrected chi connectivity index (χ1v) is 6.08. The molecule has 0 spiro atoms. The van der Waals surface area contributed by atoms with E-state index in [1.807, 2.05) is 0 Å². The average molecular weight is 294 g/mol. The molecule has 20 heavy (non-hydrogen) atoms. The minimum absolute atomic E-state index is 0.00271. The highest BCUT2D eigenvalue weighted by Gasteiger charge is 2.10. The predicted octanol–water partition coefficient (Wildman–Crippen LogP) is 1.05. The number of amides is 1. The summed E-state index contributed by atoms with van der Waals surface area (Å²) in [5.41, 5.74) is 6.02. The van der Waals surface area contributed by atoms with Gasteiger partial charge in [-0.15, -0.1) is 0 Å². The second-order valence-corrected chi connectivity index (χ2v) is 4.42. The maximum atomic E-state index is 12.0. The number of benzene rings is 1. The number of hydrogen-bond donors (Lipinski definition) is 1. The maximum Gasteiger partial charge on any atom is 0.297 e. The van der Waals surface area contributed by atoms with Crippen molar-refractivity contribution in [2.24, 2.45) is 5.73 Å². The van der Waals surface area contributed by atoms with Gasteiger partial charge in [-0.3, -0.25) is 14.2 Å². The van der Waals surface area contributed by atoms with Gasteiger partial charge in [0.1, 0.15) is 0 Å². The number of halogens is 1. The molecule has 0 saturated carbocycles. The van der Waals surface area contributed by atoms with Crippen LogP contribution in [0.5, 0.6) is 5.75 Å². The summed E-state index contributed by atoms with van der Waals surface area (Å²) in [7, 11) is 1.36. The molecule has 1 aromatic carbocycles. The Hall–Kier alpha value is -2.34. The van der Waals surface area contributed by atoms with Gasteiger partial charge in [-0.05, 0) is 17.7 Å². The van der Waals surface area contributed by atoms with Crippen LogP contribution in [0.4, 0.5) is 0 Å². The van der Waals surface area contributed by atoms with E-state index >= 15 is 0 Å². The molecule has 6 nitrogen and oxygen atoms in total. The Balaban J connectivity index is 2.31. The van der Waals surface area contributed by atoms with Crippen molar-refractivity contribution in [3.8, 4) is 5.75 Å². The summed E-state index contributed by atoms with van der Waals surface area (Å²) in [4.78, 5) is 26.9. The molecule has 0 radical (unpaired) electrons. The lowest BCUT2D eigenvalue weighted by molar-refractivity contribution is 0.100. The van der Waals surface area contributed by atoms with Crippen molar-refractivity contribution in [1.82, 2.24) is 9.55 Å². The Labute approximate surface area is 119 Å². The minimum atomic E-state index is -0.497. The molecule has 2 aromatic rings. The van der Waals surface area contributed by atoms with Crippen molar-refractivity contribution in [3.05, 3.63) is 57.2 Å². The van der Waals surface area contributed by atoms with E-state index in [1.165, 1.54) is 18.0 Å². The van der Waals surface area contributed by atoms with Crippen LogP contribution in [0.15, 0.2) is 35.4 Å². The molecular formula is C13H12ClN3O3. The monoisotopic (exact) mass is 293 g/mol. The lowest BCUT2D eigenvalue weighted by Gasteiger charge is -2.08. The lowest BCUT2D eigenvalue weighted by Crippen LogP contribution is -2.22. The van der Waals surface area contributed by atoms with Gasteiger partial charge in [0.25, 0.3) is 5.56 Å². The Morgan fingerprint density at radius 2 is 2.05 bits per heavy atom. The first kappa shape index (κ1) is 14.1. The molecule has 0 atom stereocenters. The molecule has 0 unspecified atom stereocenters. The minimum Gasteiger partial charge on any atom is -0.489 e. The highest BCUT2D eigenvalue weighted by molar-refractivity contribution is 6.30. The number of hydrogen-bond acceptors (Lipinski definition) is 4. The van der Waals surface area contributed by atoms with Crippen molar-refractivity contribution < 1.29 is 9.53 Å². The lowest BCUT2D eigenvalue weighted by atomic mass is 10.1. The van der Waals surface area contributed by atoms with Crippen molar-refractivity contribution >= 4 is 17.5 Å². The number of carbonyl (C=O) groups excluding carboxylic acids is 1. The standard InChI is InChI=1S/C13H12ClN3O3/c1-20-10-11(14)16-7-17(13(10)19)6-8-2-4-9(5-3-8)12(15)18/h2-5,7H,6H2,1H3,(H2,15,18). The third-order valence-electron chi connectivity index (χ3n) is 2.75. The Morgan fingerprint density at radius 3 is 2.60 bits per heavy atom. The quantitative estimate of drug-likeness (QED) is 0.854. The number of ether oxygens (including phenoxy) is 1. The number of aromatic nitrogens is 2. The van der Waals surface area contributed by atoms with Gasteiger partial charge in [0.15, 0.2) is 5.15 Å². The highest BCUT2D eigenvalue weighted by atomic mass is 35.5. The molecule has 7 heteroatoms. The summed E-state index contributed by atoms with van der Waals surface area (Å²) in [5.74, 6) is -0.494. The number of nitrogens with two attached hydrogens (primary N) is 1. The van der Waals surface area contributed by atoms with Gasteiger partial charge in [-0.25, -0.2) is 4.98 Å². The van der Waals surface area contributed by atoms with Gasteiger partial charge >= 0.3 is 0 Å². The average Bonchev–Trinajstić information content (AvgIpc) is 2.43. The molecule has 0 aliphatic carbocycles. The first-order valence-electron chi connectivity index (χ1n) is 5.70. The summed E-state index contributed by atoms with van der Waals surface area (Å²) in [6.45, 7) is 0.290.